The lowest BCUT2D eigenvalue weighted by Gasteiger charge is -2.15. The molecule has 2 aromatic rings. The molecule has 4 heteroatoms. The average Bonchev–Trinajstić information content (AvgIpc) is 3.16. The molecule has 104 valence electrons. The Kier molecular flexibility index (Phi) is 3.30. The van der Waals surface area contributed by atoms with Crippen molar-refractivity contribution >= 4 is 5.91 Å². The third-order valence-electron chi connectivity index (χ3n) is 3.74. The number of rotatable bonds is 4. The molecule has 0 bridgehead atoms. The molecule has 0 spiro atoms. The van der Waals surface area contributed by atoms with Gasteiger partial charge >= 0.3 is 0 Å². The second kappa shape index (κ2) is 5.12. The lowest BCUT2D eigenvalue weighted by Crippen LogP contribution is -2.27. The molecule has 3 rings (SSSR count). The van der Waals surface area contributed by atoms with Crippen molar-refractivity contribution in [2.45, 2.75) is 38.6 Å². The minimum Gasteiger partial charge on any atom is -0.360 e. The maximum atomic E-state index is 12.2. The van der Waals surface area contributed by atoms with Crippen LogP contribution in [-0.4, -0.2) is 11.1 Å². The molecule has 4 nitrogen and oxygen atoms in total. The number of hydrogen-bond donors (Lipinski definition) is 1. The van der Waals surface area contributed by atoms with E-state index < -0.39 is 0 Å². The highest BCUT2D eigenvalue weighted by Crippen LogP contribution is 2.40. The summed E-state index contributed by atoms with van der Waals surface area (Å²) in [5.41, 5.74) is 2.65. The van der Waals surface area contributed by atoms with Gasteiger partial charge in [-0.15, -0.1) is 0 Å². The van der Waals surface area contributed by atoms with E-state index in [4.69, 9.17) is 4.52 Å². The van der Waals surface area contributed by atoms with Gasteiger partial charge in [-0.25, -0.2) is 0 Å². The van der Waals surface area contributed by atoms with Crippen molar-refractivity contribution in [1.82, 2.24) is 10.5 Å². The van der Waals surface area contributed by atoms with Gasteiger partial charge in [-0.2, -0.15) is 0 Å². The SMILES string of the molecule is Cc1ccccc1C(C)NC(=O)c1cc(C2CC2)on1. The van der Waals surface area contributed by atoms with Gasteiger partial charge in [0.1, 0.15) is 5.76 Å². The molecule has 20 heavy (non-hydrogen) atoms. The van der Waals surface area contributed by atoms with Crippen molar-refractivity contribution in [2.75, 3.05) is 0 Å². The standard InChI is InChI=1S/C16H18N2O2/c1-10-5-3-4-6-13(10)11(2)17-16(19)14-9-15(20-18-14)12-7-8-12/h3-6,9,11-12H,7-8H2,1-2H3,(H,17,19). The Morgan fingerprint density at radius 1 is 1.40 bits per heavy atom. The number of carbonyl (C=O) groups excluding carboxylic acids is 1. The van der Waals surface area contributed by atoms with Crippen LogP contribution in [0.5, 0.6) is 0 Å². The van der Waals surface area contributed by atoms with Crippen molar-refractivity contribution in [1.29, 1.82) is 0 Å². The van der Waals surface area contributed by atoms with Gasteiger partial charge in [-0.05, 0) is 37.8 Å². The van der Waals surface area contributed by atoms with E-state index in [1.54, 1.807) is 6.07 Å². The van der Waals surface area contributed by atoms with E-state index in [0.717, 1.165) is 24.2 Å². The first-order valence-electron chi connectivity index (χ1n) is 6.98. The van der Waals surface area contributed by atoms with Crippen LogP contribution < -0.4 is 5.32 Å². The Hall–Kier alpha value is -2.10. The molecule has 1 N–H and O–H groups in total. The van der Waals surface area contributed by atoms with Crippen molar-refractivity contribution < 1.29 is 9.32 Å². The third-order valence-corrected chi connectivity index (χ3v) is 3.74. The van der Waals surface area contributed by atoms with Crippen LogP contribution in [-0.2, 0) is 0 Å². The lowest BCUT2D eigenvalue weighted by molar-refractivity contribution is 0.0930. The van der Waals surface area contributed by atoms with Gasteiger partial charge in [0.2, 0.25) is 0 Å². The largest absolute Gasteiger partial charge is 0.360 e. The monoisotopic (exact) mass is 270 g/mol. The van der Waals surface area contributed by atoms with Crippen molar-refractivity contribution in [3.8, 4) is 0 Å². The maximum absolute atomic E-state index is 12.2. The van der Waals surface area contributed by atoms with Crippen molar-refractivity contribution in [2.24, 2.45) is 0 Å². The first-order valence-corrected chi connectivity index (χ1v) is 6.98. The summed E-state index contributed by atoms with van der Waals surface area (Å²) in [6, 6.07) is 9.75. The number of nitrogens with one attached hydrogen (secondary N) is 1. The summed E-state index contributed by atoms with van der Waals surface area (Å²) in [4.78, 5) is 12.2. The number of aromatic nitrogens is 1. The molecule has 1 amide bonds. The van der Waals surface area contributed by atoms with Crippen LogP contribution >= 0.6 is 0 Å². The zero-order valence-corrected chi connectivity index (χ0v) is 11.7. The average molecular weight is 270 g/mol. The number of hydrogen-bond acceptors (Lipinski definition) is 3. The van der Waals surface area contributed by atoms with E-state index in [1.807, 2.05) is 38.1 Å². The van der Waals surface area contributed by atoms with E-state index >= 15 is 0 Å². The fourth-order valence-corrected chi connectivity index (χ4v) is 2.38. The fraction of sp³-hybridized carbons (Fsp3) is 0.375. The summed E-state index contributed by atoms with van der Waals surface area (Å²) in [6.07, 6.45) is 2.27. The molecule has 1 aliphatic carbocycles. The van der Waals surface area contributed by atoms with Crippen LogP contribution in [0.25, 0.3) is 0 Å². The third kappa shape index (κ3) is 2.59. The summed E-state index contributed by atoms with van der Waals surface area (Å²) in [5, 5.41) is 6.82. The molecule has 1 aliphatic rings. The second-order valence-corrected chi connectivity index (χ2v) is 5.44. The number of carbonyl (C=O) groups is 1. The molecular formula is C16H18N2O2. The van der Waals surface area contributed by atoms with Crippen LogP contribution in [0.15, 0.2) is 34.9 Å². The minimum atomic E-state index is -0.184. The van der Waals surface area contributed by atoms with Crippen molar-refractivity contribution in [3.05, 3.63) is 52.9 Å². The highest BCUT2D eigenvalue weighted by atomic mass is 16.5. The van der Waals surface area contributed by atoms with Gasteiger partial charge in [0.05, 0.1) is 6.04 Å². The topological polar surface area (TPSA) is 55.1 Å². The smallest absolute Gasteiger partial charge is 0.273 e. The molecule has 0 saturated heterocycles. The van der Waals surface area contributed by atoms with E-state index in [0.29, 0.717) is 11.6 Å². The highest BCUT2D eigenvalue weighted by molar-refractivity contribution is 5.92. The number of amides is 1. The molecule has 1 unspecified atom stereocenters. The summed E-state index contributed by atoms with van der Waals surface area (Å²) in [7, 11) is 0. The normalized spacial score (nSPS) is 15.9. The zero-order valence-electron chi connectivity index (χ0n) is 11.7. The molecule has 1 saturated carbocycles. The first kappa shape index (κ1) is 12.9. The van der Waals surface area contributed by atoms with Crippen LogP contribution in [0.1, 0.15) is 59.1 Å². The van der Waals surface area contributed by atoms with Crippen LogP contribution in [0.3, 0.4) is 0 Å². The summed E-state index contributed by atoms with van der Waals surface area (Å²) >= 11 is 0. The van der Waals surface area contributed by atoms with Gasteiger partial charge in [0.15, 0.2) is 5.69 Å². The Balaban J connectivity index is 1.70. The van der Waals surface area contributed by atoms with E-state index in [9.17, 15) is 4.79 Å². The van der Waals surface area contributed by atoms with Crippen LogP contribution in [0.2, 0.25) is 0 Å². The minimum absolute atomic E-state index is 0.0511. The van der Waals surface area contributed by atoms with Gasteiger partial charge < -0.3 is 9.84 Å². The van der Waals surface area contributed by atoms with E-state index in [1.165, 1.54) is 5.56 Å². The molecule has 1 heterocycles. The fourth-order valence-electron chi connectivity index (χ4n) is 2.38. The quantitative estimate of drug-likeness (QED) is 0.927. The summed E-state index contributed by atoms with van der Waals surface area (Å²) < 4.78 is 5.21. The number of nitrogens with zero attached hydrogens (tertiary/aromatic N) is 1. The highest BCUT2D eigenvalue weighted by Gasteiger charge is 2.29. The Labute approximate surface area is 118 Å². The Morgan fingerprint density at radius 2 is 2.15 bits per heavy atom. The van der Waals surface area contributed by atoms with Gasteiger partial charge in [-0.3, -0.25) is 4.79 Å². The molecule has 0 radical (unpaired) electrons. The predicted molar refractivity (Wildman–Crippen MR) is 75.5 cm³/mol. The summed E-state index contributed by atoms with van der Waals surface area (Å²) in [6.45, 7) is 4.02. The summed E-state index contributed by atoms with van der Waals surface area (Å²) in [5.74, 6) is 1.12. The van der Waals surface area contributed by atoms with E-state index in [-0.39, 0.29) is 11.9 Å². The van der Waals surface area contributed by atoms with Crippen LogP contribution in [0, 0.1) is 6.92 Å². The molecular weight excluding hydrogens is 252 g/mol. The number of benzene rings is 1. The molecule has 1 aromatic heterocycles. The second-order valence-electron chi connectivity index (χ2n) is 5.44. The zero-order chi connectivity index (χ0) is 14.1. The van der Waals surface area contributed by atoms with Gasteiger partial charge in [0.25, 0.3) is 5.91 Å². The molecule has 0 aliphatic heterocycles. The van der Waals surface area contributed by atoms with Crippen LogP contribution in [0.4, 0.5) is 0 Å². The molecule has 1 fully saturated rings. The predicted octanol–water partition coefficient (Wildman–Crippen LogP) is 3.35. The number of aryl methyl sites for hydroxylation is 1. The van der Waals surface area contributed by atoms with Gasteiger partial charge in [-0.1, -0.05) is 29.4 Å². The maximum Gasteiger partial charge on any atom is 0.273 e. The Morgan fingerprint density at radius 3 is 2.85 bits per heavy atom. The first-order chi connectivity index (χ1) is 9.65. The lowest BCUT2D eigenvalue weighted by atomic mass is 10.0. The van der Waals surface area contributed by atoms with Crippen molar-refractivity contribution in [3.63, 3.8) is 0 Å². The van der Waals surface area contributed by atoms with Gasteiger partial charge in [0, 0.05) is 12.0 Å². The Bertz CT molecular complexity index is 629. The van der Waals surface area contributed by atoms with E-state index in [2.05, 4.69) is 10.5 Å². The molecule has 1 atom stereocenters. The molecule has 1 aromatic carbocycles.